The van der Waals surface area contributed by atoms with Crippen molar-refractivity contribution >= 4 is 44.7 Å². The summed E-state index contributed by atoms with van der Waals surface area (Å²) in [7, 11) is -3.87. The second-order valence-electron chi connectivity index (χ2n) is 17.6. The van der Waals surface area contributed by atoms with Crippen molar-refractivity contribution in [1.82, 2.24) is 25.2 Å². The van der Waals surface area contributed by atoms with E-state index in [1.54, 1.807) is 12.1 Å². The number of ether oxygens (including phenoxy) is 2. The van der Waals surface area contributed by atoms with Gasteiger partial charge in [0.05, 0.1) is 22.9 Å². The maximum Gasteiger partial charge on any atom is 0.408 e. The molecule has 1 aromatic heterocycles. The van der Waals surface area contributed by atoms with Crippen LogP contribution in [-0.2, 0) is 35.6 Å². The largest absolute Gasteiger partial charge is 0.507 e. The van der Waals surface area contributed by atoms with Crippen LogP contribution in [0.2, 0.25) is 0 Å². The van der Waals surface area contributed by atoms with Gasteiger partial charge in [0.2, 0.25) is 27.7 Å². The maximum atomic E-state index is 14.9. The number of carbonyl (C=O) groups excluding carboxylic acids is 4. The van der Waals surface area contributed by atoms with Crippen LogP contribution in [0.4, 0.5) is 4.79 Å². The summed E-state index contributed by atoms with van der Waals surface area (Å²) in [4.78, 5) is 63.3. The molecule has 15 heteroatoms. The Kier molecular flexibility index (Phi) is 10.1. The first kappa shape index (κ1) is 38.1. The number of alkyl carbamates (subject to hydrolysis) is 1. The lowest BCUT2D eigenvalue weighted by atomic mass is 9.96. The number of carbonyl (C=O) groups is 4. The summed E-state index contributed by atoms with van der Waals surface area (Å²) in [6.07, 6.45) is 13.3. The molecule has 2 bridgehead atoms. The average molecular weight is 804 g/mol. The molecule has 9 rings (SSSR count). The number of para-hydroxylation sites is 1. The Morgan fingerprint density at radius 3 is 2.46 bits per heavy atom. The number of nitrogens with one attached hydrogen (secondary N) is 3. The van der Waals surface area contributed by atoms with Crippen LogP contribution < -0.4 is 20.1 Å². The molecule has 1 aromatic carbocycles. The van der Waals surface area contributed by atoms with Gasteiger partial charge >= 0.3 is 6.09 Å². The molecular formula is C42H53N5O9S. The first-order chi connectivity index (χ1) is 27.5. The molecule has 2 aromatic rings. The van der Waals surface area contributed by atoms with Gasteiger partial charge in [0, 0.05) is 11.8 Å². The van der Waals surface area contributed by atoms with E-state index < -0.39 is 62.8 Å². The molecule has 1 saturated heterocycles. The average Bonchev–Trinajstić information content (AvgIpc) is 4.15. The predicted molar refractivity (Wildman–Crippen MR) is 208 cm³/mol. The highest BCUT2D eigenvalue weighted by atomic mass is 32.2. The number of rotatable bonds is 7. The van der Waals surface area contributed by atoms with Gasteiger partial charge in [-0.1, -0.05) is 37.1 Å². The minimum atomic E-state index is -3.87. The Hall–Kier alpha value is -4.40. The summed E-state index contributed by atoms with van der Waals surface area (Å²) in [6, 6.07) is 5.19. The Morgan fingerprint density at radius 1 is 0.912 bits per heavy atom. The number of hydrogen-bond donors (Lipinski definition) is 4. The van der Waals surface area contributed by atoms with E-state index in [0.29, 0.717) is 42.1 Å². The molecule has 14 nitrogen and oxygen atoms in total. The van der Waals surface area contributed by atoms with Crippen molar-refractivity contribution in [3.63, 3.8) is 0 Å². The highest BCUT2D eigenvalue weighted by molar-refractivity contribution is 7.91. The van der Waals surface area contributed by atoms with Crippen LogP contribution in [0.5, 0.6) is 11.6 Å². The van der Waals surface area contributed by atoms with Crippen molar-refractivity contribution in [2.24, 2.45) is 23.7 Å². The predicted octanol–water partition coefficient (Wildman–Crippen LogP) is 4.53. The highest BCUT2D eigenvalue weighted by Gasteiger charge is 2.67. The van der Waals surface area contributed by atoms with Gasteiger partial charge in [-0.25, -0.2) is 18.2 Å². The first-order valence-corrected chi connectivity index (χ1v) is 22.6. The summed E-state index contributed by atoms with van der Waals surface area (Å²) in [5.74, 6) is -1.48. The van der Waals surface area contributed by atoms with Crippen molar-refractivity contribution in [2.75, 3.05) is 6.54 Å². The monoisotopic (exact) mass is 803 g/mol. The number of aromatic hydroxyl groups is 1. The number of benzene rings is 1. The molecule has 7 atom stereocenters. The van der Waals surface area contributed by atoms with Crippen LogP contribution in [0, 0.1) is 23.7 Å². The zero-order valence-electron chi connectivity index (χ0n) is 32.2. The maximum absolute atomic E-state index is 14.9. The van der Waals surface area contributed by atoms with Crippen molar-refractivity contribution < 1.29 is 42.2 Å². The van der Waals surface area contributed by atoms with Gasteiger partial charge in [-0.3, -0.25) is 19.1 Å². The van der Waals surface area contributed by atoms with E-state index in [9.17, 15) is 32.7 Å². The molecule has 7 aliphatic rings. The molecule has 4 amide bonds. The molecule has 6 fully saturated rings. The topological polar surface area (TPSA) is 193 Å². The van der Waals surface area contributed by atoms with E-state index >= 15 is 0 Å². The Labute approximate surface area is 332 Å². The number of pyridine rings is 1. The van der Waals surface area contributed by atoms with Gasteiger partial charge < -0.3 is 30.1 Å². The smallest absolute Gasteiger partial charge is 0.408 e. The fourth-order valence-electron chi connectivity index (χ4n) is 10.1. The third kappa shape index (κ3) is 7.68. The SMILES string of the molecule is O=C1N[C@@H](C2CCCC2)C(=O)N2C[C@@H](C[C@H]2C(=O)N[C@]2(C(=O)NS(=O)(=O)C3CC3)C[C@H]2C2CC2)Oc2nc3ccccc3c(O)c2CC=CCC[C@@H]2CCC[C@H]2O1. The molecule has 57 heavy (non-hydrogen) atoms. The van der Waals surface area contributed by atoms with Gasteiger partial charge in [0.25, 0.3) is 5.91 Å². The number of allylic oxidation sites excluding steroid dienone is 2. The number of nitrogens with zero attached hydrogens (tertiary/aromatic N) is 2. The fourth-order valence-corrected chi connectivity index (χ4v) is 11.5. The Bertz CT molecular complexity index is 2080. The molecule has 2 aliphatic heterocycles. The van der Waals surface area contributed by atoms with E-state index in [1.165, 1.54) is 4.90 Å². The van der Waals surface area contributed by atoms with Crippen LogP contribution in [0.1, 0.15) is 102 Å². The molecule has 5 saturated carbocycles. The number of sulfonamides is 1. The van der Waals surface area contributed by atoms with E-state index in [2.05, 4.69) is 21.4 Å². The van der Waals surface area contributed by atoms with Gasteiger partial charge in [-0.05, 0) is 119 Å². The normalized spacial score (nSPS) is 32.3. The van der Waals surface area contributed by atoms with Crippen molar-refractivity contribution in [1.29, 1.82) is 0 Å². The minimum Gasteiger partial charge on any atom is -0.507 e. The third-order valence-electron chi connectivity index (χ3n) is 13.7. The summed E-state index contributed by atoms with van der Waals surface area (Å²) in [5, 5.41) is 17.5. The molecule has 0 unspecified atom stereocenters. The highest BCUT2D eigenvalue weighted by Crippen LogP contribution is 2.57. The number of aromatic nitrogens is 1. The Balaban J connectivity index is 1.06. The lowest BCUT2D eigenvalue weighted by Crippen LogP contribution is -2.59. The number of hydrogen-bond acceptors (Lipinski definition) is 10. The first-order valence-electron chi connectivity index (χ1n) is 21.1. The van der Waals surface area contributed by atoms with E-state index in [4.69, 9.17) is 14.5 Å². The zero-order chi connectivity index (χ0) is 39.5. The summed E-state index contributed by atoms with van der Waals surface area (Å²) in [5.41, 5.74) is -0.381. The second-order valence-corrected chi connectivity index (χ2v) is 19.5. The van der Waals surface area contributed by atoms with Crippen LogP contribution in [0.3, 0.4) is 0 Å². The lowest BCUT2D eigenvalue weighted by molar-refractivity contribution is -0.142. The standard InChI is InChI=1S/C42H53N5O9S/c48-36-29-13-6-7-15-32(29)43-38-30(36)14-3-1-2-9-25-12-8-16-34(25)56-41(52)44-35(26-10-4-5-11-26)39(50)47-23-27(55-38)21-33(47)37(49)45-42(22-31(42)24-17-18-24)40(51)46-57(53,54)28-19-20-28/h1,3,6-7,13,15,24-28,31,33-35H,2,4-5,8-12,14,16-23H2,(H,43,48)(H,44,52)(H,45,49)(H,46,51)/t25-,27-,31+,33+,34-,35+,42-/m1/s1. The van der Waals surface area contributed by atoms with Crippen LogP contribution in [0.25, 0.3) is 10.9 Å². The van der Waals surface area contributed by atoms with Gasteiger partial charge in [0.15, 0.2) is 0 Å². The fraction of sp³-hybridized carbons (Fsp3) is 0.643. The van der Waals surface area contributed by atoms with Crippen molar-refractivity contribution in [3.05, 3.63) is 42.0 Å². The number of amides is 4. The van der Waals surface area contributed by atoms with Gasteiger partial charge in [-0.15, -0.1) is 0 Å². The van der Waals surface area contributed by atoms with Crippen LogP contribution in [-0.4, -0.2) is 88.8 Å². The molecular weight excluding hydrogens is 751 g/mol. The Morgan fingerprint density at radius 2 is 1.68 bits per heavy atom. The van der Waals surface area contributed by atoms with Crippen LogP contribution in [0.15, 0.2) is 36.4 Å². The third-order valence-corrected chi connectivity index (χ3v) is 15.5. The molecule has 3 heterocycles. The van der Waals surface area contributed by atoms with Crippen molar-refractivity contribution in [2.45, 2.75) is 138 Å². The van der Waals surface area contributed by atoms with E-state index in [-0.39, 0.29) is 54.4 Å². The molecule has 0 radical (unpaired) electrons. The minimum absolute atomic E-state index is 0.0204. The van der Waals surface area contributed by atoms with Gasteiger partial charge in [-0.2, -0.15) is 0 Å². The summed E-state index contributed by atoms with van der Waals surface area (Å²) in [6.45, 7) is -0.0204. The molecule has 4 N–H and O–H groups in total. The molecule has 0 spiro atoms. The summed E-state index contributed by atoms with van der Waals surface area (Å²) >= 11 is 0. The molecule has 5 aliphatic carbocycles. The number of fused-ring (bicyclic) bond motifs is 5. The zero-order valence-corrected chi connectivity index (χ0v) is 33.0. The van der Waals surface area contributed by atoms with Crippen molar-refractivity contribution in [3.8, 4) is 11.6 Å². The molecule has 306 valence electrons. The quantitative estimate of drug-likeness (QED) is 0.289. The van der Waals surface area contributed by atoms with Gasteiger partial charge in [0.1, 0.15) is 35.6 Å². The van der Waals surface area contributed by atoms with Crippen LogP contribution >= 0.6 is 0 Å². The van der Waals surface area contributed by atoms with E-state index in [1.807, 2.05) is 18.2 Å². The second kappa shape index (κ2) is 15.1. The summed E-state index contributed by atoms with van der Waals surface area (Å²) < 4.78 is 40.7. The lowest BCUT2D eigenvalue weighted by Gasteiger charge is -2.32. The van der Waals surface area contributed by atoms with E-state index in [0.717, 1.165) is 70.6 Å².